The maximum Gasteiger partial charge on any atom is 0.258 e. The summed E-state index contributed by atoms with van der Waals surface area (Å²) in [6.45, 7) is 6.68. The molecule has 0 saturated heterocycles. The Morgan fingerprint density at radius 3 is 1.41 bits per heavy atom. The van der Waals surface area contributed by atoms with Crippen molar-refractivity contribution in [1.82, 2.24) is 0 Å². The first-order valence-corrected chi connectivity index (χ1v) is 23.9. The van der Waals surface area contributed by atoms with Crippen LogP contribution in [0.3, 0.4) is 0 Å². The number of amides is 4. The number of aryl methyl sites for hydroxylation is 2. The first-order chi connectivity index (χ1) is 33.6. The number of hydrogen-bond donors (Lipinski definition) is 4. The van der Waals surface area contributed by atoms with Gasteiger partial charge in [-0.3, -0.25) is 28.8 Å². The number of anilines is 4. The highest BCUT2D eigenvalue weighted by Gasteiger charge is 2.26. The van der Waals surface area contributed by atoms with Gasteiger partial charge in [-0.15, -0.1) is 34.8 Å². The minimum atomic E-state index is -1.65. The summed E-state index contributed by atoms with van der Waals surface area (Å²) in [6.07, 6.45) is 1.15. The number of azo groups is 2. The normalized spacial score (nSPS) is 12.0. The van der Waals surface area contributed by atoms with Gasteiger partial charge >= 0.3 is 0 Å². The minimum Gasteiger partial charge on any atom is -0.492 e. The molecule has 5 aromatic rings. The van der Waals surface area contributed by atoms with Gasteiger partial charge in [0.25, 0.3) is 23.6 Å². The molecule has 0 aromatic heterocycles. The number of nitrogens with one attached hydrogen (secondary N) is 4. The predicted molar refractivity (Wildman–Crippen MR) is 274 cm³/mol. The van der Waals surface area contributed by atoms with Gasteiger partial charge < -0.3 is 30.7 Å². The van der Waals surface area contributed by atoms with Gasteiger partial charge in [-0.2, -0.15) is 20.5 Å². The molecule has 5 rings (SSSR count). The molecule has 0 saturated carbocycles. The summed E-state index contributed by atoms with van der Waals surface area (Å²) in [5.41, 5.74) is 3.65. The fraction of sp³-hybridized carbons (Fsp3) is 0.265. The standard InChI is InChI=1S/C49H47Cl5N8O8/c1-5-69-42-15-7-29(17-19-50)21-40(42)57-46(65)31-9-12-35(53)38(24-31)59-61-44(27(3)63)48(67)55-34-11-14-37(33(23-34)26-52)56-49(68)45(28(4)64)62-60-39-25-32(10-13-36(39)54)47(66)58-41-22-30(18-20-51)8-16-43(41)70-6-2/h7-16,21-25,44-45H,5-6,17-20,26H2,1-4H3,(H,55,67)(H,56,68)(H,57,65)(H,58,66). The molecule has 2 atom stereocenters. The third-order valence-corrected chi connectivity index (χ3v) is 11.3. The lowest BCUT2D eigenvalue weighted by Crippen LogP contribution is -2.32. The maximum absolute atomic E-state index is 13.5. The quantitative estimate of drug-likeness (QED) is 0.0279. The van der Waals surface area contributed by atoms with E-state index in [1.165, 1.54) is 54.6 Å². The number of ether oxygens (including phenoxy) is 2. The number of ketones is 2. The van der Waals surface area contributed by atoms with Gasteiger partial charge in [0, 0.05) is 40.1 Å². The van der Waals surface area contributed by atoms with Crippen LogP contribution in [0.1, 0.15) is 65.1 Å². The van der Waals surface area contributed by atoms with Crippen molar-refractivity contribution in [2.75, 3.05) is 46.2 Å². The third kappa shape index (κ3) is 15.0. The van der Waals surface area contributed by atoms with Crippen LogP contribution in [0, 0.1) is 0 Å². The molecule has 2 unspecified atom stereocenters. The number of Topliss-reactive ketones (excluding diaryl/α,β-unsaturated/α-hetero) is 2. The van der Waals surface area contributed by atoms with Crippen LogP contribution in [0.5, 0.6) is 11.5 Å². The number of carbonyl (C=O) groups excluding carboxylic acids is 6. The predicted octanol–water partition coefficient (Wildman–Crippen LogP) is 12.0. The van der Waals surface area contributed by atoms with Crippen LogP contribution < -0.4 is 30.7 Å². The lowest BCUT2D eigenvalue weighted by molar-refractivity contribution is -0.127. The van der Waals surface area contributed by atoms with Crippen LogP contribution in [-0.2, 0) is 37.9 Å². The number of halogens is 5. The van der Waals surface area contributed by atoms with Crippen LogP contribution >= 0.6 is 58.0 Å². The highest BCUT2D eigenvalue weighted by Crippen LogP contribution is 2.32. The molecule has 21 heteroatoms. The van der Waals surface area contributed by atoms with Crippen molar-refractivity contribution >= 4 is 127 Å². The fourth-order valence-electron chi connectivity index (χ4n) is 6.48. The number of carbonyl (C=O) groups is 6. The summed E-state index contributed by atoms with van der Waals surface area (Å²) in [5, 5.41) is 27.2. The topological polar surface area (TPSA) is 218 Å². The average molecular weight is 1050 g/mol. The van der Waals surface area contributed by atoms with Crippen molar-refractivity contribution in [1.29, 1.82) is 0 Å². The molecule has 0 aliphatic heterocycles. The summed E-state index contributed by atoms with van der Waals surface area (Å²) in [4.78, 5) is 79.1. The largest absolute Gasteiger partial charge is 0.492 e. The van der Waals surface area contributed by atoms with Gasteiger partial charge in [-0.1, -0.05) is 35.3 Å². The van der Waals surface area contributed by atoms with E-state index < -0.39 is 47.3 Å². The molecule has 4 amide bonds. The molecule has 5 aromatic carbocycles. The molecule has 70 heavy (non-hydrogen) atoms. The van der Waals surface area contributed by atoms with Crippen LogP contribution in [0.4, 0.5) is 34.1 Å². The zero-order valence-corrected chi connectivity index (χ0v) is 42.0. The lowest BCUT2D eigenvalue weighted by atomic mass is 10.1. The summed E-state index contributed by atoms with van der Waals surface area (Å²) in [7, 11) is 0. The summed E-state index contributed by atoms with van der Waals surface area (Å²) in [5.74, 6) is -2.54. The van der Waals surface area contributed by atoms with Gasteiger partial charge in [-0.05, 0) is 136 Å². The van der Waals surface area contributed by atoms with Crippen molar-refractivity contribution < 1.29 is 38.2 Å². The first-order valence-electron chi connectivity index (χ1n) is 21.6. The summed E-state index contributed by atoms with van der Waals surface area (Å²) in [6, 6.07) is 20.3. The van der Waals surface area contributed by atoms with Crippen molar-refractivity contribution in [3.63, 3.8) is 0 Å². The number of hydrogen-bond acceptors (Lipinski definition) is 12. The van der Waals surface area contributed by atoms with E-state index in [0.717, 1.165) is 25.0 Å². The van der Waals surface area contributed by atoms with E-state index in [4.69, 9.17) is 67.5 Å². The van der Waals surface area contributed by atoms with Gasteiger partial charge in [0.1, 0.15) is 22.9 Å². The van der Waals surface area contributed by atoms with E-state index in [9.17, 15) is 28.8 Å². The molecular formula is C49H47Cl5N8O8. The van der Waals surface area contributed by atoms with Crippen molar-refractivity contribution in [2.45, 2.75) is 58.5 Å². The molecule has 0 spiro atoms. The zero-order chi connectivity index (χ0) is 50.9. The second kappa shape index (κ2) is 26.5. The number of alkyl halides is 3. The SMILES string of the molecule is CCOc1ccc(CCCl)cc1NC(=O)c1ccc(Cl)c(N=NC(C(C)=O)C(=O)Nc2ccc(NC(=O)C(N=Nc3cc(C(=O)Nc4cc(CCCl)ccc4OCC)ccc3Cl)C(C)=O)c(CCl)c2)c1. The third-order valence-electron chi connectivity index (χ3n) is 9.97. The van der Waals surface area contributed by atoms with Crippen molar-refractivity contribution in [3.05, 3.63) is 129 Å². The molecule has 0 radical (unpaired) electrons. The van der Waals surface area contributed by atoms with E-state index >= 15 is 0 Å². The van der Waals surface area contributed by atoms with Crippen LogP contribution in [0.15, 0.2) is 111 Å². The van der Waals surface area contributed by atoms with E-state index in [1.807, 2.05) is 26.0 Å². The Labute approximate surface area is 428 Å². The van der Waals surface area contributed by atoms with E-state index in [0.29, 0.717) is 66.3 Å². The Morgan fingerprint density at radius 1 is 0.543 bits per heavy atom. The minimum absolute atomic E-state index is 0.0104. The lowest BCUT2D eigenvalue weighted by Gasteiger charge is -2.15. The first kappa shape index (κ1) is 54.5. The van der Waals surface area contributed by atoms with Crippen LogP contribution in [0.25, 0.3) is 0 Å². The average Bonchev–Trinajstić information content (AvgIpc) is 3.32. The van der Waals surface area contributed by atoms with Gasteiger partial charge in [0.05, 0.1) is 34.6 Å². The monoisotopic (exact) mass is 1050 g/mol. The molecule has 0 heterocycles. The van der Waals surface area contributed by atoms with E-state index in [-0.39, 0.29) is 49.8 Å². The number of benzene rings is 5. The van der Waals surface area contributed by atoms with Gasteiger partial charge in [-0.25, -0.2) is 0 Å². The highest BCUT2D eigenvalue weighted by atomic mass is 35.5. The van der Waals surface area contributed by atoms with Crippen LogP contribution in [-0.4, -0.2) is 72.3 Å². The Balaban J connectivity index is 1.27. The van der Waals surface area contributed by atoms with Crippen molar-refractivity contribution in [2.24, 2.45) is 20.5 Å². The second-order valence-corrected chi connectivity index (χ2v) is 16.9. The molecule has 0 aliphatic rings. The molecule has 4 N–H and O–H groups in total. The molecule has 0 fully saturated rings. The van der Waals surface area contributed by atoms with Gasteiger partial charge in [0.2, 0.25) is 12.1 Å². The Kier molecular flexibility index (Phi) is 20.7. The Hall–Kier alpha value is -6.43. The smallest absolute Gasteiger partial charge is 0.258 e. The molecule has 366 valence electrons. The van der Waals surface area contributed by atoms with E-state index in [2.05, 4.69) is 41.7 Å². The zero-order valence-electron chi connectivity index (χ0n) is 38.2. The highest BCUT2D eigenvalue weighted by molar-refractivity contribution is 6.33. The molecule has 0 bridgehead atoms. The van der Waals surface area contributed by atoms with E-state index in [1.54, 1.807) is 24.3 Å². The fourth-order valence-corrected chi connectivity index (χ4v) is 7.45. The van der Waals surface area contributed by atoms with Crippen LogP contribution in [0.2, 0.25) is 10.0 Å². The molecular weight excluding hydrogens is 1010 g/mol. The second-order valence-electron chi connectivity index (χ2n) is 15.1. The molecule has 16 nitrogen and oxygen atoms in total. The Morgan fingerprint density at radius 2 is 1.00 bits per heavy atom. The maximum atomic E-state index is 13.5. The summed E-state index contributed by atoms with van der Waals surface area (Å²) >= 11 is 30.9. The number of rotatable bonds is 23. The van der Waals surface area contributed by atoms with Crippen molar-refractivity contribution in [3.8, 4) is 11.5 Å². The number of nitrogens with zero attached hydrogens (tertiary/aromatic N) is 4. The Bertz CT molecular complexity index is 2830. The molecule has 0 aliphatic carbocycles. The summed E-state index contributed by atoms with van der Waals surface area (Å²) < 4.78 is 11.4. The van der Waals surface area contributed by atoms with Gasteiger partial charge in [0.15, 0.2) is 11.6 Å².